The van der Waals surface area contributed by atoms with Crippen molar-refractivity contribution in [2.24, 2.45) is 0 Å². The highest BCUT2D eigenvalue weighted by molar-refractivity contribution is 9.10. The number of pyridine rings is 1. The lowest BCUT2D eigenvalue weighted by molar-refractivity contribution is 0.140. The van der Waals surface area contributed by atoms with Gasteiger partial charge in [0.25, 0.3) is 5.89 Å². The number of hydrogen-bond acceptors (Lipinski definition) is 6. The Balaban J connectivity index is 1.79. The first-order chi connectivity index (χ1) is 11.6. The number of nitrogens with one attached hydrogen (secondary N) is 1. The Bertz CT molecular complexity index is 662. The van der Waals surface area contributed by atoms with E-state index in [9.17, 15) is 4.79 Å². The molecule has 0 fully saturated rings. The molecule has 8 heteroatoms. The molecule has 0 aliphatic carbocycles. The van der Waals surface area contributed by atoms with E-state index in [0.717, 1.165) is 12.8 Å². The Morgan fingerprint density at radius 2 is 2.25 bits per heavy atom. The van der Waals surface area contributed by atoms with Crippen LogP contribution in [0.2, 0.25) is 0 Å². The molecule has 0 aliphatic heterocycles. The fraction of sp³-hybridized carbons (Fsp3) is 0.500. The van der Waals surface area contributed by atoms with Crippen molar-refractivity contribution in [3.05, 3.63) is 28.7 Å². The third-order valence-corrected chi connectivity index (χ3v) is 3.73. The molecular weight excluding hydrogens is 376 g/mol. The standard InChI is InChI=1S/C16H21BrN4O3/c1-3-4-10-23-16(22)18-11(2)8-9-14-20-21-15(24-14)12-6-5-7-13(17)19-12/h5-7,11H,3-4,8-10H2,1-2H3,(H,18,22)/t11-/m0/s1. The van der Waals surface area contributed by atoms with E-state index in [2.05, 4.69) is 36.4 Å². The average Bonchev–Trinajstić information content (AvgIpc) is 3.02. The third-order valence-electron chi connectivity index (χ3n) is 3.29. The Morgan fingerprint density at radius 3 is 3.00 bits per heavy atom. The van der Waals surface area contributed by atoms with Gasteiger partial charge in [0, 0.05) is 12.5 Å². The molecule has 2 aromatic rings. The van der Waals surface area contributed by atoms with Crippen LogP contribution in [0.4, 0.5) is 4.79 Å². The van der Waals surface area contributed by atoms with E-state index in [4.69, 9.17) is 9.15 Å². The first-order valence-corrected chi connectivity index (χ1v) is 8.76. The van der Waals surface area contributed by atoms with E-state index in [-0.39, 0.29) is 12.1 Å². The highest BCUT2D eigenvalue weighted by Gasteiger charge is 2.13. The molecule has 0 radical (unpaired) electrons. The van der Waals surface area contributed by atoms with Gasteiger partial charge < -0.3 is 14.5 Å². The fourth-order valence-corrected chi connectivity index (χ4v) is 2.29. The second-order valence-corrected chi connectivity index (χ2v) is 6.23. The van der Waals surface area contributed by atoms with Crippen LogP contribution >= 0.6 is 15.9 Å². The van der Waals surface area contributed by atoms with E-state index >= 15 is 0 Å². The molecule has 2 aromatic heterocycles. The van der Waals surface area contributed by atoms with Crippen molar-refractivity contribution in [3.63, 3.8) is 0 Å². The number of aryl methyl sites for hydroxylation is 1. The van der Waals surface area contributed by atoms with Gasteiger partial charge in [-0.05, 0) is 47.8 Å². The zero-order valence-corrected chi connectivity index (χ0v) is 15.4. The normalized spacial score (nSPS) is 12.0. The Hall–Kier alpha value is -1.96. The SMILES string of the molecule is CCCCOC(=O)N[C@@H](C)CCc1nnc(-c2cccc(Br)n2)o1. The second-order valence-electron chi connectivity index (χ2n) is 5.42. The van der Waals surface area contributed by atoms with Crippen molar-refractivity contribution < 1.29 is 13.9 Å². The van der Waals surface area contributed by atoms with Crippen LogP contribution in [0.3, 0.4) is 0 Å². The zero-order valence-electron chi connectivity index (χ0n) is 13.8. The predicted molar refractivity (Wildman–Crippen MR) is 92.4 cm³/mol. The van der Waals surface area contributed by atoms with Gasteiger partial charge in [-0.25, -0.2) is 9.78 Å². The zero-order chi connectivity index (χ0) is 17.4. The summed E-state index contributed by atoms with van der Waals surface area (Å²) >= 11 is 3.31. The molecule has 130 valence electrons. The van der Waals surface area contributed by atoms with Gasteiger partial charge in [-0.1, -0.05) is 19.4 Å². The lowest BCUT2D eigenvalue weighted by Gasteiger charge is -2.12. The minimum atomic E-state index is -0.388. The van der Waals surface area contributed by atoms with E-state index in [0.29, 0.717) is 41.5 Å². The maximum atomic E-state index is 11.6. The van der Waals surface area contributed by atoms with Crippen LogP contribution in [0.5, 0.6) is 0 Å². The summed E-state index contributed by atoms with van der Waals surface area (Å²) in [6.07, 6.45) is 2.72. The topological polar surface area (TPSA) is 90.1 Å². The van der Waals surface area contributed by atoms with Crippen molar-refractivity contribution in [3.8, 4) is 11.6 Å². The van der Waals surface area contributed by atoms with Crippen LogP contribution in [0.1, 0.15) is 39.0 Å². The van der Waals surface area contributed by atoms with Crippen LogP contribution < -0.4 is 5.32 Å². The fourth-order valence-electron chi connectivity index (χ4n) is 1.95. The maximum absolute atomic E-state index is 11.6. The Labute approximate surface area is 149 Å². The molecule has 0 aliphatic rings. The molecule has 0 bridgehead atoms. The van der Waals surface area contributed by atoms with E-state index < -0.39 is 0 Å². The summed E-state index contributed by atoms with van der Waals surface area (Å²) in [6, 6.07) is 5.44. The predicted octanol–water partition coefficient (Wildman–Crippen LogP) is 3.74. The third kappa shape index (κ3) is 5.92. The molecule has 2 rings (SSSR count). The first-order valence-electron chi connectivity index (χ1n) is 7.97. The molecule has 7 nitrogen and oxygen atoms in total. The molecule has 0 spiro atoms. The summed E-state index contributed by atoms with van der Waals surface area (Å²) in [5.41, 5.74) is 0.619. The van der Waals surface area contributed by atoms with Crippen molar-refractivity contribution in [1.82, 2.24) is 20.5 Å². The number of ether oxygens (including phenoxy) is 1. The summed E-state index contributed by atoms with van der Waals surface area (Å²) in [7, 11) is 0. The molecular formula is C16H21BrN4O3. The Kier molecular flexibility index (Phi) is 7.17. The number of aromatic nitrogens is 3. The van der Waals surface area contributed by atoms with Gasteiger partial charge >= 0.3 is 6.09 Å². The molecule has 0 aromatic carbocycles. The van der Waals surface area contributed by atoms with Crippen LogP contribution in [0.25, 0.3) is 11.6 Å². The van der Waals surface area contributed by atoms with Crippen molar-refractivity contribution >= 4 is 22.0 Å². The maximum Gasteiger partial charge on any atom is 0.407 e. The quantitative estimate of drug-likeness (QED) is 0.539. The molecule has 1 amide bonds. The highest BCUT2D eigenvalue weighted by Crippen LogP contribution is 2.18. The molecule has 2 heterocycles. The number of unbranched alkanes of at least 4 members (excludes halogenated alkanes) is 1. The van der Waals surface area contributed by atoms with Crippen LogP contribution in [-0.4, -0.2) is 33.9 Å². The lowest BCUT2D eigenvalue weighted by atomic mass is 10.2. The van der Waals surface area contributed by atoms with E-state index in [1.54, 1.807) is 6.07 Å². The number of carbonyl (C=O) groups is 1. The minimum absolute atomic E-state index is 0.0431. The number of rotatable bonds is 8. The minimum Gasteiger partial charge on any atom is -0.450 e. The van der Waals surface area contributed by atoms with Gasteiger partial charge in [-0.3, -0.25) is 0 Å². The van der Waals surface area contributed by atoms with Crippen LogP contribution in [0, 0.1) is 0 Å². The van der Waals surface area contributed by atoms with Gasteiger partial charge in [-0.2, -0.15) is 0 Å². The van der Waals surface area contributed by atoms with Crippen molar-refractivity contribution in [2.45, 2.75) is 45.6 Å². The smallest absolute Gasteiger partial charge is 0.407 e. The summed E-state index contributed by atoms with van der Waals surface area (Å²) in [4.78, 5) is 15.8. The Morgan fingerprint density at radius 1 is 1.42 bits per heavy atom. The number of carbonyl (C=O) groups excluding carboxylic acids is 1. The first kappa shape index (κ1) is 18.4. The molecule has 1 atom stereocenters. The van der Waals surface area contributed by atoms with E-state index in [1.165, 1.54) is 0 Å². The number of halogens is 1. The van der Waals surface area contributed by atoms with Crippen LogP contribution in [-0.2, 0) is 11.2 Å². The van der Waals surface area contributed by atoms with Crippen molar-refractivity contribution in [1.29, 1.82) is 0 Å². The van der Waals surface area contributed by atoms with Crippen LogP contribution in [0.15, 0.2) is 27.2 Å². The number of hydrogen-bond donors (Lipinski definition) is 1. The monoisotopic (exact) mass is 396 g/mol. The molecule has 1 N–H and O–H groups in total. The summed E-state index contributed by atoms with van der Waals surface area (Å²) < 4.78 is 11.4. The highest BCUT2D eigenvalue weighted by atomic mass is 79.9. The van der Waals surface area contributed by atoms with Gasteiger partial charge in [0.05, 0.1) is 6.61 Å². The van der Waals surface area contributed by atoms with Crippen molar-refractivity contribution in [2.75, 3.05) is 6.61 Å². The summed E-state index contributed by atoms with van der Waals surface area (Å²) in [5, 5.41) is 10.8. The largest absolute Gasteiger partial charge is 0.450 e. The van der Waals surface area contributed by atoms with E-state index in [1.807, 2.05) is 26.0 Å². The average molecular weight is 397 g/mol. The van der Waals surface area contributed by atoms with Gasteiger partial charge in [0.2, 0.25) is 5.89 Å². The molecule has 0 saturated heterocycles. The lowest BCUT2D eigenvalue weighted by Crippen LogP contribution is -2.33. The van der Waals surface area contributed by atoms with Gasteiger partial charge in [0.1, 0.15) is 10.3 Å². The molecule has 24 heavy (non-hydrogen) atoms. The number of alkyl carbamates (subject to hydrolysis) is 1. The summed E-state index contributed by atoms with van der Waals surface area (Å²) in [5.74, 6) is 0.894. The number of nitrogens with zero attached hydrogens (tertiary/aromatic N) is 3. The summed E-state index contributed by atoms with van der Waals surface area (Å²) in [6.45, 7) is 4.40. The molecule has 0 unspecified atom stereocenters. The number of amides is 1. The second kappa shape index (κ2) is 9.36. The molecule has 0 saturated carbocycles. The van der Waals surface area contributed by atoms with Gasteiger partial charge in [-0.15, -0.1) is 10.2 Å². The van der Waals surface area contributed by atoms with Gasteiger partial charge in [0.15, 0.2) is 0 Å².